The summed E-state index contributed by atoms with van der Waals surface area (Å²) in [6.07, 6.45) is -3.67. The molecule has 1 aliphatic rings. The summed E-state index contributed by atoms with van der Waals surface area (Å²) in [7, 11) is 0. The zero-order valence-corrected chi connectivity index (χ0v) is 11.5. The van der Waals surface area contributed by atoms with Crippen LogP contribution in [0.2, 0.25) is 0 Å². The topological polar surface area (TPSA) is 86.7 Å². The first-order chi connectivity index (χ1) is 9.53. The van der Waals surface area contributed by atoms with E-state index >= 15 is 0 Å². The zero-order chi connectivity index (χ0) is 16.4. The van der Waals surface area contributed by atoms with E-state index in [4.69, 9.17) is 5.11 Å². The molecule has 0 heterocycles. The second-order valence-corrected chi connectivity index (χ2v) is 4.79. The van der Waals surface area contributed by atoms with Crippen molar-refractivity contribution in [3.05, 3.63) is 11.1 Å². The minimum absolute atomic E-state index is 0.237. The Bertz CT molecular complexity index is 495. The van der Waals surface area contributed by atoms with Crippen molar-refractivity contribution in [1.82, 2.24) is 10.2 Å². The second kappa shape index (κ2) is 6.15. The second-order valence-electron chi connectivity index (χ2n) is 4.79. The number of alkyl halides is 3. The molecule has 1 saturated carbocycles. The number of hydrogen-bond acceptors (Lipinski definition) is 3. The van der Waals surface area contributed by atoms with Gasteiger partial charge in [0.1, 0.15) is 6.54 Å². The molecular formula is C12H15F3N2O4. The molecule has 0 bridgehead atoms. The van der Waals surface area contributed by atoms with Gasteiger partial charge in [-0.25, -0.2) is 9.59 Å². The van der Waals surface area contributed by atoms with Crippen molar-refractivity contribution in [2.24, 2.45) is 0 Å². The van der Waals surface area contributed by atoms with Crippen molar-refractivity contribution in [3.8, 4) is 0 Å². The molecule has 6 nitrogen and oxygen atoms in total. The van der Waals surface area contributed by atoms with Crippen LogP contribution in [0.1, 0.15) is 26.7 Å². The van der Waals surface area contributed by atoms with Gasteiger partial charge in [-0.05, 0) is 26.7 Å². The Morgan fingerprint density at radius 2 is 1.71 bits per heavy atom. The number of nitrogens with one attached hydrogen (secondary N) is 1. The van der Waals surface area contributed by atoms with E-state index < -0.39 is 36.7 Å². The SMILES string of the molecule is CC(C(=O)O)=C(C)C(=O)NC(=O)N(CC(F)(F)F)C1CC1. The highest BCUT2D eigenvalue weighted by atomic mass is 19.4. The van der Waals surface area contributed by atoms with Gasteiger partial charge in [0.05, 0.1) is 0 Å². The van der Waals surface area contributed by atoms with Crippen LogP contribution in [0.3, 0.4) is 0 Å². The Morgan fingerprint density at radius 1 is 1.19 bits per heavy atom. The first kappa shape index (κ1) is 17.0. The maximum absolute atomic E-state index is 12.4. The van der Waals surface area contributed by atoms with Crippen LogP contribution in [0, 0.1) is 0 Å². The van der Waals surface area contributed by atoms with Crippen LogP contribution in [0.4, 0.5) is 18.0 Å². The Labute approximate surface area is 118 Å². The predicted molar refractivity (Wildman–Crippen MR) is 65.3 cm³/mol. The van der Waals surface area contributed by atoms with Crippen molar-refractivity contribution in [1.29, 1.82) is 0 Å². The molecule has 21 heavy (non-hydrogen) atoms. The molecule has 2 N–H and O–H groups in total. The fourth-order valence-corrected chi connectivity index (χ4v) is 1.54. The normalized spacial score (nSPS) is 16.0. The lowest BCUT2D eigenvalue weighted by Crippen LogP contribution is -2.48. The van der Waals surface area contributed by atoms with Gasteiger partial charge in [0.2, 0.25) is 0 Å². The summed E-state index contributed by atoms with van der Waals surface area (Å²) in [6.45, 7) is 0.894. The molecule has 118 valence electrons. The lowest BCUT2D eigenvalue weighted by atomic mass is 10.1. The molecule has 0 saturated heterocycles. The van der Waals surface area contributed by atoms with Crippen molar-refractivity contribution in [3.63, 3.8) is 0 Å². The van der Waals surface area contributed by atoms with Crippen LogP contribution in [0.15, 0.2) is 11.1 Å². The third kappa shape index (κ3) is 5.09. The van der Waals surface area contributed by atoms with Gasteiger partial charge in [0.25, 0.3) is 5.91 Å². The van der Waals surface area contributed by atoms with Crippen molar-refractivity contribution in [2.75, 3.05) is 6.54 Å². The number of nitrogens with zero attached hydrogens (tertiary/aromatic N) is 1. The van der Waals surface area contributed by atoms with Crippen molar-refractivity contribution >= 4 is 17.9 Å². The number of carbonyl (C=O) groups is 3. The maximum Gasteiger partial charge on any atom is 0.406 e. The number of halogens is 3. The van der Waals surface area contributed by atoms with Gasteiger partial charge in [-0.2, -0.15) is 13.2 Å². The molecule has 0 radical (unpaired) electrons. The summed E-state index contributed by atoms with van der Waals surface area (Å²) in [5.74, 6) is -2.36. The van der Waals surface area contributed by atoms with Gasteiger partial charge < -0.3 is 10.0 Å². The summed E-state index contributed by atoms with van der Waals surface area (Å²) in [5, 5.41) is 10.5. The lowest BCUT2D eigenvalue weighted by Gasteiger charge is -2.23. The minimum atomic E-state index is -4.56. The third-order valence-corrected chi connectivity index (χ3v) is 3.04. The molecule has 0 aromatic heterocycles. The number of carbonyl (C=O) groups excluding carboxylic acids is 2. The molecule has 0 atom stereocenters. The molecule has 0 aromatic rings. The highest BCUT2D eigenvalue weighted by Gasteiger charge is 2.41. The van der Waals surface area contributed by atoms with E-state index in [1.807, 2.05) is 0 Å². The molecule has 0 unspecified atom stereocenters. The van der Waals surface area contributed by atoms with Gasteiger partial charge >= 0.3 is 18.2 Å². The average Bonchev–Trinajstić information content (AvgIpc) is 3.16. The summed E-state index contributed by atoms with van der Waals surface area (Å²) >= 11 is 0. The quantitative estimate of drug-likeness (QED) is 0.773. The van der Waals surface area contributed by atoms with Gasteiger partial charge in [-0.3, -0.25) is 10.1 Å². The van der Waals surface area contributed by atoms with E-state index in [-0.39, 0.29) is 11.1 Å². The van der Waals surface area contributed by atoms with Gasteiger partial charge in [0.15, 0.2) is 0 Å². The Kier molecular flexibility index (Phi) is 4.97. The number of rotatable bonds is 4. The molecule has 1 aliphatic carbocycles. The summed E-state index contributed by atoms with van der Waals surface area (Å²) in [4.78, 5) is 34.6. The fourth-order valence-electron chi connectivity index (χ4n) is 1.54. The van der Waals surface area contributed by atoms with Crippen molar-refractivity contribution in [2.45, 2.75) is 38.9 Å². The van der Waals surface area contributed by atoms with E-state index in [2.05, 4.69) is 0 Å². The zero-order valence-electron chi connectivity index (χ0n) is 11.5. The predicted octanol–water partition coefficient (Wildman–Crippen LogP) is 1.67. The lowest BCUT2D eigenvalue weighted by molar-refractivity contribution is -0.141. The minimum Gasteiger partial charge on any atom is -0.478 e. The fraction of sp³-hybridized carbons (Fsp3) is 0.583. The first-order valence-electron chi connectivity index (χ1n) is 6.12. The monoisotopic (exact) mass is 308 g/mol. The Morgan fingerprint density at radius 3 is 2.10 bits per heavy atom. The standard InChI is InChI=1S/C12H15F3N2O4/c1-6(7(2)10(19)20)9(18)16-11(21)17(8-3-4-8)5-12(13,14)15/h8H,3-5H2,1-2H3,(H,19,20)(H,16,18,21). The molecule has 1 fully saturated rings. The Balaban J connectivity index is 2.76. The molecule has 0 aromatic carbocycles. The van der Waals surface area contributed by atoms with Gasteiger partial charge in [0, 0.05) is 17.2 Å². The third-order valence-electron chi connectivity index (χ3n) is 3.04. The highest BCUT2D eigenvalue weighted by Crippen LogP contribution is 2.30. The number of aliphatic carboxylic acids is 1. The van der Waals surface area contributed by atoms with E-state index in [9.17, 15) is 27.6 Å². The summed E-state index contributed by atoms with van der Waals surface area (Å²) in [6, 6.07) is -1.71. The Hall–Kier alpha value is -2.06. The molecule has 9 heteroatoms. The van der Waals surface area contributed by atoms with Crippen molar-refractivity contribution < 1.29 is 32.7 Å². The average molecular weight is 308 g/mol. The number of carboxylic acid groups (broad SMARTS) is 1. The number of urea groups is 1. The largest absolute Gasteiger partial charge is 0.478 e. The molecular weight excluding hydrogens is 293 g/mol. The van der Waals surface area contributed by atoms with E-state index in [0.29, 0.717) is 17.7 Å². The van der Waals surface area contributed by atoms with Crippen LogP contribution in [-0.2, 0) is 9.59 Å². The molecule has 0 spiro atoms. The van der Waals surface area contributed by atoms with Crippen LogP contribution in [0.25, 0.3) is 0 Å². The number of carboxylic acids is 1. The first-order valence-corrected chi connectivity index (χ1v) is 6.12. The van der Waals surface area contributed by atoms with E-state index in [0.717, 1.165) is 6.92 Å². The van der Waals surface area contributed by atoms with Crippen LogP contribution in [0.5, 0.6) is 0 Å². The van der Waals surface area contributed by atoms with Crippen LogP contribution >= 0.6 is 0 Å². The summed E-state index contributed by atoms with van der Waals surface area (Å²) in [5.41, 5.74) is -0.521. The molecule has 1 rings (SSSR count). The maximum atomic E-state index is 12.4. The van der Waals surface area contributed by atoms with E-state index in [1.165, 1.54) is 6.92 Å². The number of hydrogen-bond donors (Lipinski definition) is 2. The molecule has 3 amide bonds. The van der Waals surface area contributed by atoms with Gasteiger partial charge in [-0.15, -0.1) is 0 Å². The number of imide groups is 1. The van der Waals surface area contributed by atoms with Crippen LogP contribution in [-0.4, -0.2) is 46.7 Å². The van der Waals surface area contributed by atoms with Gasteiger partial charge in [-0.1, -0.05) is 0 Å². The smallest absolute Gasteiger partial charge is 0.406 e. The summed E-state index contributed by atoms with van der Waals surface area (Å²) < 4.78 is 37.2. The molecule has 0 aliphatic heterocycles. The number of amides is 3. The van der Waals surface area contributed by atoms with E-state index in [1.54, 1.807) is 5.32 Å². The van der Waals surface area contributed by atoms with Crippen LogP contribution < -0.4 is 5.32 Å². The highest BCUT2D eigenvalue weighted by molar-refractivity contribution is 6.07.